The van der Waals surface area contributed by atoms with E-state index in [0.717, 1.165) is 31.9 Å². The zero-order chi connectivity index (χ0) is 15.4. The predicted octanol–water partition coefficient (Wildman–Crippen LogP) is 0.562. The second-order valence-corrected chi connectivity index (χ2v) is 6.74. The monoisotopic (exact) mass is 319 g/mol. The molecule has 1 aromatic carbocycles. The van der Waals surface area contributed by atoms with Crippen molar-refractivity contribution < 1.29 is 9.59 Å². The van der Waals surface area contributed by atoms with Crippen LogP contribution in [0.2, 0.25) is 0 Å². The molecule has 0 radical (unpaired) electrons. The Kier molecular flexibility index (Phi) is 5.00. The molecule has 2 aliphatic rings. The Morgan fingerprint density at radius 1 is 1.27 bits per heavy atom. The number of nitrogens with zero attached hydrogens (tertiary/aromatic N) is 2. The van der Waals surface area contributed by atoms with Gasteiger partial charge in [0.15, 0.2) is 0 Å². The SMILES string of the molecule is O=C1CN(C2CN(C(=O)CSCc3ccccc3)C2)CCN1. The minimum absolute atomic E-state index is 0.0921. The lowest BCUT2D eigenvalue weighted by atomic mass is 10.1. The third-order valence-corrected chi connectivity index (χ3v) is 5.12. The van der Waals surface area contributed by atoms with Gasteiger partial charge in [0.1, 0.15) is 0 Å². The molecule has 118 valence electrons. The van der Waals surface area contributed by atoms with Crippen LogP contribution in [0, 0.1) is 0 Å². The number of likely N-dealkylation sites (tertiary alicyclic amines) is 1. The number of piperazine rings is 1. The summed E-state index contributed by atoms with van der Waals surface area (Å²) in [6.07, 6.45) is 0. The number of nitrogens with one attached hydrogen (secondary N) is 1. The highest BCUT2D eigenvalue weighted by molar-refractivity contribution is 7.99. The van der Waals surface area contributed by atoms with Crippen LogP contribution in [-0.4, -0.2) is 66.1 Å². The van der Waals surface area contributed by atoms with Gasteiger partial charge in [-0.05, 0) is 5.56 Å². The van der Waals surface area contributed by atoms with Crippen molar-refractivity contribution in [1.29, 1.82) is 0 Å². The molecule has 2 fully saturated rings. The minimum atomic E-state index is 0.0921. The average molecular weight is 319 g/mol. The number of rotatable bonds is 5. The van der Waals surface area contributed by atoms with Crippen molar-refractivity contribution in [3.63, 3.8) is 0 Å². The van der Waals surface area contributed by atoms with Crippen molar-refractivity contribution in [1.82, 2.24) is 15.1 Å². The number of hydrogen-bond acceptors (Lipinski definition) is 4. The molecule has 0 bridgehead atoms. The van der Waals surface area contributed by atoms with E-state index in [0.29, 0.717) is 18.3 Å². The number of amides is 2. The van der Waals surface area contributed by atoms with Crippen LogP contribution in [-0.2, 0) is 15.3 Å². The zero-order valence-corrected chi connectivity index (χ0v) is 13.3. The highest BCUT2D eigenvalue weighted by Gasteiger charge is 2.36. The molecule has 0 aliphatic carbocycles. The molecule has 0 atom stereocenters. The Hall–Kier alpha value is -1.53. The number of thioether (sulfide) groups is 1. The van der Waals surface area contributed by atoms with Gasteiger partial charge in [-0.15, -0.1) is 11.8 Å². The summed E-state index contributed by atoms with van der Waals surface area (Å²) >= 11 is 1.66. The van der Waals surface area contributed by atoms with E-state index in [1.165, 1.54) is 5.56 Å². The minimum Gasteiger partial charge on any atom is -0.354 e. The molecule has 3 rings (SSSR count). The fraction of sp³-hybridized carbons (Fsp3) is 0.500. The summed E-state index contributed by atoms with van der Waals surface area (Å²) in [6, 6.07) is 10.6. The van der Waals surface area contributed by atoms with Crippen LogP contribution in [0.5, 0.6) is 0 Å². The van der Waals surface area contributed by atoms with Crippen LogP contribution >= 0.6 is 11.8 Å². The maximum Gasteiger partial charge on any atom is 0.234 e. The Balaban J connectivity index is 1.35. The third-order valence-electron chi connectivity index (χ3n) is 4.14. The molecule has 2 heterocycles. The van der Waals surface area contributed by atoms with Gasteiger partial charge < -0.3 is 10.2 Å². The smallest absolute Gasteiger partial charge is 0.234 e. The van der Waals surface area contributed by atoms with Gasteiger partial charge >= 0.3 is 0 Å². The van der Waals surface area contributed by atoms with E-state index >= 15 is 0 Å². The summed E-state index contributed by atoms with van der Waals surface area (Å²) in [6.45, 7) is 3.60. The van der Waals surface area contributed by atoms with Gasteiger partial charge in [0.2, 0.25) is 11.8 Å². The van der Waals surface area contributed by atoms with Crippen LogP contribution in [0.4, 0.5) is 0 Å². The summed E-state index contributed by atoms with van der Waals surface area (Å²) in [4.78, 5) is 27.6. The molecule has 6 heteroatoms. The van der Waals surface area contributed by atoms with Gasteiger partial charge in [0.25, 0.3) is 0 Å². The summed E-state index contributed by atoms with van der Waals surface area (Å²) in [5.74, 6) is 1.70. The van der Waals surface area contributed by atoms with Crippen LogP contribution in [0.25, 0.3) is 0 Å². The lowest BCUT2D eigenvalue weighted by Crippen LogP contribution is -2.65. The molecular formula is C16H21N3O2S. The van der Waals surface area contributed by atoms with E-state index in [1.54, 1.807) is 11.8 Å². The van der Waals surface area contributed by atoms with E-state index in [-0.39, 0.29) is 11.8 Å². The second kappa shape index (κ2) is 7.15. The summed E-state index contributed by atoms with van der Waals surface area (Å²) in [7, 11) is 0. The lowest BCUT2D eigenvalue weighted by molar-refractivity contribution is -0.137. The maximum atomic E-state index is 12.1. The molecule has 22 heavy (non-hydrogen) atoms. The number of carbonyl (C=O) groups excluding carboxylic acids is 2. The number of benzene rings is 1. The van der Waals surface area contributed by atoms with Crippen molar-refractivity contribution in [2.45, 2.75) is 11.8 Å². The molecule has 5 nitrogen and oxygen atoms in total. The van der Waals surface area contributed by atoms with E-state index in [2.05, 4.69) is 22.3 Å². The van der Waals surface area contributed by atoms with E-state index in [4.69, 9.17) is 0 Å². The Bertz CT molecular complexity index is 531. The van der Waals surface area contributed by atoms with Crippen LogP contribution in [0.15, 0.2) is 30.3 Å². The van der Waals surface area contributed by atoms with Gasteiger partial charge in [-0.1, -0.05) is 30.3 Å². The first kappa shape index (κ1) is 15.4. The molecule has 0 unspecified atom stereocenters. The lowest BCUT2D eigenvalue weighted by Gasteiger charge is -2.46. The Morgan fingerprint density at radius 3 is 2.77 bits per heavy atom. The van der Waals surface area contributed by atoms with Crippen LogP contribution in [0.1, 0.15) is 5.56 Å². The molecular weight excluding hydrogens is 298 g/mol. The normalized spacial score (nSPS) is 19.6. The first-order valence-corrected chi connectivity index (χ1v) is 8.78. The molecule has 2 saturated heterocycles. The number of hydrogen-bond donors (Lipinski definition) is 1. The van der Waals surface area contributed by atoms with Gasteiger partial charge in [-0.25, -0.2) is 0 Å². The van der Waals surface area contributed by atoms with Crippen molar-refractivity contribution in [2.24, 2.45) is 0 Å². The quantitative estimate of drug-likeness (QED) is 0.862. The first-order chi connectivity index (χ1) is 10.7. The van der Waals surface area contributed by atoms with Crippen molar-refractivity contribution in [3.8, 4) is 0 Å². The highest BCUT2D eigenvalue weighted by atomic mass is 32.2. The first-order valence-electron chi connectivity index (χ1n) is 7.62. The fourth-order valence-electron chi connectivity index (χ4n) is 2.78. The third kappa shape index (κ3) is 3.81. The van der Waals surface area contributed by atoms with E-state index in [1.807, 2.05) is 23.1 Å². The fourth-order valence-corrected chi connectivity index (χ4v) is 3.67. The molecule has 0 spiro atoms. The molecule has 0 saturated carbocycles. The van der Waals surface area contributed by atoms with Crippen molar-refractivity contribution >= 4 is 23.6 Å². The van der Waals surface area contributed by atoms with Gasteiger partial charge in [0, 0.05) is 38.0 Å². The summed E-state index contributed by atoms with van der Waals surface area (Å²) in [5.41, 5.74) is 1.25. The van der Waals surface area contributed by atoms with Gasteiger partial charge in [-0.2, -0.15) is 0 Å². The number of carbonyl (C=O) groups is 2. The molecule has 0 aromatic heterocycles. The van der Waals surface area contributed by atoms with E-state index < -0.39 is 0 Å². The molecule has 2 aliphatic heterocycles. The standard InChI is InChI=1S/C16H21N3O2S/c20-15-10-18(7-6-17-15)14-8-19(9-14)16(21)12-22-11-13-4-2-1-3-5-13/h1-5,14H,6-12H2,(H,17,20). The summed E-state index contributed by atoms with van der Waals surface area (Å²) < 4.78 is 0. The van der Waals surface area contributed by atoms with Crippen molar-refractivity contribution in [3.05, 3.63) is 35.9 Å². The van der Waals surface area contributed by atoms with Crippen molar-refractivity contribution in [2.75, 3.05) is 38.5 Å². The predicted molar refractivity (Wildman–Crippen MR) is 87.6 cm³/mol. The molecule has 1 aromatic rings. The average Bonchev–Trinajstić information content (AvgIpc) is 2.47. The second-order valence-electron chi connectivity index (χ2n) is 5.75. The van der Waals surface area contributed by atoms with Crippen LogP contribution < -0.4 is 5.32 Å². The maximum absolute atomic E-state index is 12.1. The van der Waals surface area contributed by atoms with E-state index in [9.17, 15) is 9.59 Å². The molecule has 2 amide bonds. The topological polar surface area (TPSA) is 52.7 Å². The molecule has 1 N–H and O–H groups in total. The Morgan fingerprint density at radius 2 is 2.05 bits per heavy atom. The zero-order valence-electron chi connectivity index (χ0n) is 12.5. The Labute approximate surface area is 135 Å². The summed E-state index contributed by atoms with van der Waals surface area (Å²) in [5, 5.41) is 2.83. The van der Waals surface area contributed by atoms with Crippen LogP contribution in [0.3, 0.4) is 0 Å². The largest absolute Gasteiger partial charge is 0.354 e. The van der Waals surface area contributed by atoms with Gasteiger partial charge in [0.05, 0.1) is 12.3 Å². The highest BCUT2D eigenvalue weighted by Crippen LogP contribution is 2.18. The van der Waals surface area contributed by atoms with Gasteiger partial charge in [-0.3, -0.25) is 14.5 Å².